The third-order valence-electron chi connectivity index (χ3n) is 5.96. The molecule has 1 heterocycles. The van der Waals surface area contributed by atoms with Crippen LogP contribution >= 0.6 is 0 Å². The van der Waals surface area contributed by atoms with E-state index in [2.05, 4.69) is 9.72 Å². The van der Waals surface area contributed by atoms with Crippen LogP contribution in [0.4, 0.5) is 49.6 Å². The Hall–Kier alpha value is -4.73. The number of ether oxygens (including phenoxy) is 3. The van der Waals surface area contributed by atoms with Crippen LogP contribution in [0.5, 0.6) is 28.7 Å². The quantitative estimate of drug-likeness (QED) is 0.174. The molecule has 0 aliphatic rings. The van der Waals surface area contributed by atoms with Crippen molar-refractivity contribution < 1.29 is 63.2 Å². The number of benzene rings is 3. The number of hydrogen-bond donors (Lipinski definition) is 1. The number of pyridine rings is 1. The van der Waals surface area contributed by atoms with E-state index in [-0.39, 0.29) is 34.8 Å². The third-order valence-corrected chi connectivity index (χ3v) is 5.96. The number of nitrogens with zero attached hydrogens (tertiary/aromatic N) is 2. The predicted molar refractivity (Wildman–Crippen MR) is 138 cm³/mol. The van der Waals surface area contributed by atoms with E-state index >= 15 is 0 Å². The minimum atomic E-state index is -5.08. The van der Waals surface area contributed by atoms with Gasteiger partial charge in [-0.25, -0.2) is 4.39 Å². The molecule has 1 aromatic heterocycles. The maximum Gasteiger partial charge on any atom is 0.573 e. The van der Waals surface area contributed by atoms with Crippen LogP contribution in [0.25, 0.3) is 0 Å². The molecule has 3 aromatic carbocycles. The van der Waals surface area contributed by atoms with Crippen molar-refractivity contribution in [2.24, 2.45) is 0 Å². The zero-order valence-electron chi connectivity index (χ0n) is 22.4. The number of halogens is 10. The van der Waals surface area contributed by atoms with Crippen LogP contribution in [0.1, 0.15) is 11.1 Å². The van der Waals surface area contributed by atoms with Crippen molar-refractivity contribution in [3.63, 3.8) is 0 Å². The fourth-order valence-electron chi connectivity index (χ4n) is 3.89. The lowest BCUT2D eigenvalue weighted by molar-refractivity contribution is -0.275. The standard InChI is InChI=1S/C29H20F10N2O4/c30-21-12-18(27(31,32)33)9-8-17(21)15-41(16-26(42)28(34,35)36)19-4-3-5-20(13-19)43-22-6-1-2-7-23(22)44-24-10-11-40-14-25(24)45-29(37,38)39/h1-14,26,42H,15-16H2. The van der Waals surface area contributed by atoms with Crippen molar-refractivity contribution in [1.82, 2.24) is 4.98 Å². The van der Waals surface area contributed by atoms with E-state index < -0.39 is 60.6 Å². The first kappa shape index (κ1) is 33.2. The highest BCUT2D eigenvalue weighted by atomic mass is 19.4. The molecule has 0 spiro atoms. The second kappa shape index (κ2) is 13.1. The Balaban J connectivity index is 1.63. The van der Waals surface area contributed by atoms with Crippen LogP contribution in [-0.2, 0) is 12.7 Å². The van der Waals surface area contributed by atoms with Crippen molar-refractivity contribution in [3.05, 3.63) is 102 Å². The summed E-state index contributed by atoms with van der Waals surface area (Å²) < 4.78 is 147. The molecule has 16 heteroatoms. The molecular weight excluding hydrogens is 630 g/mol. The number of aliphatic hydroxyl groups is 1. The second-order valence-corrected chi connectivity index (χ2v) is 9.26. The molecule has 0 saturated heterocycles. The van der Waals surface area contributed by atoms with Crippen molar-refractivity contribution in [2.75, 3.05) is 11.4 Å². The maximum atomic E-state index is 14.6. The van der Waals surface area contributed by atoms with Gasteiger partial charge in [-0.3, -0.25) is 4.98 Å². The molecule has 1 unspecified atom stereocenters. The SMILES string of the molecule is OC(CN(Cc1ccc(C(F)(F)F)cc1F)c1cccc(Oc2ccccc2Oc2ccncc2OC(F)(F)F)c1)C(F)(F)F. The predicted octanol–water partition coefficient (Wildman–Crippen LogP) is 8.65. The van der Waals surface area contributed by atoms with Crippen molar-refractivity contribution in [1.29, 1.82) is 0 Å². The summed E-state index contributed by atoms with van der Waals surface area (Å²) in [6.07, 6.45) is -16.0. The minimum Gasteiger partial charge on any atom is -0.453 e. The summed E-state index contributed by atoms with van der Waals surface area (Å²) in [6.45, 7) is -1.80. The number of para-hydroxylation sites is 2. The van der Waals surface area contributed by atoms with Gasteiger partial charge < -0.3 is 24.2 Å². The highest BCUT2D eigenvalue weighted by Gasteiger charge is 2.39. The summed E-state index contributed by atoms with van der Waals surface area (Å²) in [6, 6.07) is 13.5. The average molecular weight is 650 g/mol. The molecular formula is C29H20F10N2O4. The van der Waals surface area contributed by atoms with Gasteiger partial charge >= 0.3 is 18.7 Å². The summed E-state index contributed by atoms with van der Waals surface area (Å²) in [5, 5.41) is 9.75. The van der Waals surface area contributed by atoms with Gasteiger partial charge in [0.2, 0.25) is 0 Å². The van der Waals surface area contributed by atoms with Crippen LogP contribution in [0.2, 0.25) is 0 Å². The van der Waals surface area contributed by atoms with Gasteiger partial charge in [-0.1, -0.05) is 24.3 Å². The van der Waals surface area contributed by atoms with Gasteiger partial charge in [-0.15, -0.1) is 13.2 Å². The largest absolute Gasteiger partial charge is 0.573 e. The van der Waals surface area contributed by atoms with Crippen LogP contribution in [0, 0.1) is 5.82 Å². The van der Waals surface area contributed by atoms with E-state index in [1.165, 1.54) is 48.5 Å². The van der Waals surface area contributed by atoms with Crippen molar-refractivity contribution >= 4 is 5.69 Å². The van der Waals surface area contributed by atoms with Crippen LogP contribution in [0.3, 0.4) is 0 Å². The van der Waals surface area contributed by atoms with Gasteiger partial charge in [-0.2, -0.15) is 26.3 Å². The minimum absolute atomic E-state index is 0.0376. The van der Waals surface area contributed by atoms with E-state index in [4.69, 9.17) is 9.47 Å². The fraction of sp³-hybridized carbons (Fsp3) is 0.207. The summed E-state index contributed by atoms with van der Waals surface area (Å²) in [4.78, 5) is 4.46. The molecule has 6 nitrogen and oxygen atoms in total. The second-order valence-electron chi connectivity index (χ2n) is 9.26. The molecule has 0 aliphatic heterocycles. The monoisotopic (exact) mass is 650 g/mol. The van der Waals surface area contributed by atoms with Gasteiger partial charge in [0.1, 0.15) is 11.6 Å². The fourth-order valence-corrected chi connectivity index (χ4v) is 3.89. The number of alkyl halides is 9. The summed E-state index contributed by atoms with van der Waals surface area (Å²) in [5.74, 6) is -2.66. The number of anilines is 1. The molecule has 45 heavy (non-hydrogen) atoms. The normalized spacial score (nSPS) is 12.9. The first-order valence-electron chi connectivity index (χ1n) is 12.6. The number of aliphatic hydroxyl groups excluding tert-OH is 1. The molecule has 0 radical (unpaired) electrons. The van der Waals surface area contributed by atoms with Crippen molar-refractivity contribution in [2.45, 2.75) is 31.4 Å². The van der Waals surface area contributed by atoms with E-state index in [1.54, 1.807) is 0 Å². The van der Waals surface area contributed by atoms with E-state index in [9.17, 15) is 49.0 Å². The molecule has 0 aliphatic carbocycles. The maximum absolute atomic E-state index is 14.6. The smallest absolute Gasteiger partial charge is 0.453 e. The first-order chi connectivity index (χ1) is 21.0. The molecule has 0 bridgehead atoms. The lowest BCUT2D eigenvalue weighted by Crippen LogP contribution is -2.41. The third kappa shape index (κ3) is 9.14. The van der Waals surface area contributed by atoms with Crippen LogP contribution < -0.4 is 19.1 Å². The molecule has 4 rings (SSSR count). The number of rotatable bonds is 10. The van der Waals surface area contributed by atoms with Gasteiger partial charge in [0.15, 0.2) is 29.1 Å². The van der Waals surface area contributed by atoms with Crippen LogP contribution in [-0.4, -0.2) is 35.3 Å². The topological polar surface area (TPSA) is 64.1 Å². The zero-order valence-corrected chi connectivity index (χ0v) is 22.4. The Morgan fingerprint density at radius 2 is 1.42 bits per heavy atom. The lowest BCUT2D eigenvalue weighted by Gasteiger charge is -2.29. The van der Waals surface area contributed by atoms with Gasteiger partial charge in [0.25, 0.3) is 0 Å². The molecule has 4 aromatic rings. The van der Waals surface area contributed by atoms with Crippen molar-refractivity contribution in [3.8, 4) is 28.7 Å². The molecule has 0 amide bonds. The van der Waals surface area contributed by atoms with Gasteiger partial charge in [0, 0.05) is 36.1 Å². The highest BCUT2D eigenvalue weighted by molar-refractivity contribution is 5.54. The summed E-state index contributed by atoms with van der Waals surface area (Å²) >= 11 is 0. The zero-order chi connectivity index (χ0) is 33.0. The molecule has 0 fully saturated rings. The Morgan fingerprint density at radius 1 is 0.756 bits per heavy atom. The Bertz CT molecular complexity index is 1610. The van der Waals surface area contributed by atoms with Gasteiger partial charge in [-0.05, 0) is 36.4 Å². The summed E-state index contributed by atoms with van der Waals surface area (Å²) in [5.41, 5.74) is -1.74. The molecule has 1 atom stereocenters. The van der Waals surface area contributed by atoms with Gasteiger partial charge in [0.05, 0.1) is 18.3 Å². The van der Waals surface area contributed by atoms with E-state index in [0.29, 0.717) is 6.07 Å². The summed E-state index contributed by atoms with van der Waals surface area (Å²) in [7, 11) is 0. The number of aromatic nitrogens is 1. The molecule has 240 valence electrons. The average Bonchev–Trinajstić information content (AvgIpc) is 2.94. The van der Waals surface area contributed by atoms with Crippen LogP contribution in [0.15, 0.2) is 85.2 Å². The van der Waals surface area contributed by atoms with E-state index in [0.717, 1.165) is 29.4 Å². The molecule has 1 N–H and O–H groups in total. The Kier molecular flexibility index (Phi) is 9.65. The Morgan fingerprint density at radius 3 is 2.04 bits per heavy atom. The lowest BCUT2D eigenvalue weighted by atomic mass is 10.1. The number of hydrogen-bond acceptors (Lipinski definition) is 6. The first-order valence-corrected chi connectivity index (χ1v) is 12.6. The highest BCUT2D eigenvalue weighted by Crippen LogP contribution is 2.40. The van der Waals surface area contributed by atoms with E-state index in [1.807, 2.05) is 0 Å². The molecule has 0 saturated carbocycles. The Labute approximate surface area is 248 Å².